The Morgan fingerprint density at radius 1 is 1.05 bits per heavy atom. The largest absolute Gasteiger partial charge is 0.378 e. The molecule has 3 N–H and O–H groups in total. The average molecular weight is 511 g/mol. The van der Waals surface area contributed by atoms with Crippen LogP contribution < -0.4 is 10.6 Å². The van der Waals surface area contributed by atoms with E-state index in [0.717, 1.165) is 38.9 Å². The Balaban J connectivity index is 1.46. The van der Waals surface area contributed by atoms with Crippen molar-refractivity contribution in [3.05, 3.63) is 78.3 Å². The molecule has 194 valence electrons. The third-order valence-corrected chi connectivity index (χ3v) is 6.65. The standard InChI is InChI=1S/C29H30N6O3/c1-4-27(36)34-26-9-8-19(16-31-26)20-14-22(28(30-3)32-17-20)18(2)25-15-23-21(6-5-7-24(23)33-25)29(37)35-10-12-38-13-11-35/h5-9,14-17,33H,2,4,10-13H2,1,3H3,(H,30,32)(H,31,34,36). The maximum absolute atomic E-state index is 13.2. The van der Waals surface area contributed by atoms with E-state index >= 15 is 0 Å². The van der Waals surface area contributed by atoms with Gasteiger partial charge < -0.3 is 25.3 Å². The van der Waals surface area contributed by atoms with E-state index < -0.39 is 0 Å². The van der Waals surface area contributed by atoms with Crippen molar-refractivity contribution in [3.8, 4) is 11.1 Å². The lowest BCUT2D eigenvalue weighted by atomic mass is 10.0. The molecule has 1 aromatic carbocycles. The molecule has 1 saturated heterocycles. The van der Waals surface area contributed by atoms with E-state index in [0.29, 0.717) is 49.9 Å². The van der Waals surface area contributed by atoms with Gasteiger partial charge in [0.05, 0.1) is 13.2 Å². The first-order valence-corrected chi connectivity index (χ1v) is 12.6. The van der Waals surface area contributed by atoms with Gasteiger partial charge in [0.1, 0.15) is 11.6 Å². The highest BCUT2D eigenvalue weighted by molar-refractivity contribution is 6.07. The molecule has 9 heteroatoms. The van der Waals surface area contributed by atoms with Crippen LogP contribution in [0.1, 0.15) is 35.0 Å². The van der Waals surface area contributed by atoms with Gasteiger partial charge in [-0.2, -0.15) is 0 Å². The Kier molecular flexibility index (Phi) is 7.19. The number of aromatic amines is 1. The van der Waals surface area contributed by atoms with Gasteiger partial charge in [0.25, 0.3) is 5.91 Å². The van der Waals surface area contributed by atoms with Crippen LogP contribution >= 0.6 is 0 Å². The molecule has 0 aliphatic carbocycles. The summed E-state index contributed by atoms with van der Waals surface area (Å²) in [7, 11) is 1.82. The number of aromatic nitrogens is 3. The molecule has 1 fully saturated rings. The number of anilines is 2. The number of carbonyl (C=O) groups excluding carboxylic acids is 2. The summed E-state index contributed by atoms with van der Waals surface area (Å²) in [6, 6.07) is 13.4. The minimum atomic E-state index is -0.0861. The summed E-state index contributed by atoms with van der Waals surface area (Å²) in [6.07, 6.45) is 3.87. The van der Waals surface area contributed by atoms with E-state index in [1.165, 1.54) is 0 Å². The second kappa shape index (κ2) is 10.9. The van der Waals surface area contributed by atoms with E-state index in [-0.39, 0.29) is 11.8 Å². The molecule has 4 heterocycles. The number of carbonyl (C=O) groups is 2. The third-order valence-electron chi connectivity index (χ3n) is 6.65. The lowest BCUT2D eigenvalue weighted by Gasteiger charge is -2.27. The highest BCUT2D eigenvalue weighted by Crippen LogP contribution is 2.33. The topological polar surface area (TPSA) is 112 Å². The van der Waals surface area contributed by atoms with E-state index in [1.54, 1.807) is 25.4 Å². The van der Waals surface area contributed by atoms with Crippen LogP contribution in [0.2, 0.25) is 0 Å². The Morgan fingerprint density at radius 3 is 2.55 bits per heavy atom. The Bertz CT molecular complexity index is 1500. The van der Waals surface area contributed by atoms with Crippen molar-refractivity contribution in [2.75, 3.05) is 44.0 Å². The molecule has 1 aliphatic heterocycles. The Morgan fingerprint density at radius 2 is 1.84 bits per heavy atom. The first kappa shape index (κ1) is 25.2. The quantitative estimate of drug-likeness (QED) is 0.336. The van der Waals surface area contributed by atoms with Crippen molar-refractivity contribution >= 4 is 39.9 Å². The van der Waals surface area contributed by atoms with Crippen molar-refractivity contribution in [2.24, 2.45) is 0 Å². The molecule has 9 nitrogen and oxygen atoms in total. The predicted octanol–water partition coefficient (Wildman–Crippen LogP) is 4.55. The number of pyridine rings is 2. The number of amides is 2. The highest BCUT2D eigenvalue weighted by Gasteiger charge is 2.22. The first-order chi connectivity index (χ1) is 18.5. The minimum absolute atomic E-state index is 0.000661. The van der Waals surface area contributed by atoms with E-state index in [4.69, 9.17) is 4.74 Å². The summed E-state index contributed by atoms with van der Waals surface area (Å²) in [5.41, 5.74) is 5.60. The number of hydrogen-bond donors (Lipinski definition) is 3. The van der Waals surface area contributed by atoms with Crippen LogP contribution in [0.4, 0.5) is 11.6 Å². The molecule has 2 amide bonds. The second-order valence-corrected chi connectivity index (χ2v) is 9.04. The lowest BCUT2D eigenvalue weighted by Crippen LogP contribution is -2.40. The molecule has 5 rings (SSSR count). The number of fused-ring (bicyclic) bond motifs is 1. The van der Waals surface area contributed by atoms with Gasteiger partial charge in [0.15, 0.2) is 0 Å². The molecule has 0 atom stereocenters. The number of H-pyrrole nitrogens is 1. The third kappa shape index (κ3) is 5.01. The molecule has 38 heavy (non-hydrogen) atoms. The van der Waals surface area contributed by atoms with Gasteiger partial charge in [-0.3, -0.25) is 9.59 Å². The van der Waals surface area contributed by atoms with Crippen molar-refractivity contribution < 1.29 is 14.3 Å². The van der Waals surface area contributed by atoms with Crippen LogP contribution in [0, 0.1) is 0 Å². The zero-order valence-corrected chi connectivity index (χ0v) is 21.5. The van der Waals surface area contributed by atoms with Gasteiger partial charge in [-0.15, -0.1) is 0 Å². The van der Waals surface area contributed by atoms with Gasteiger partial charge in [0.2, 0.25) is 5.91 Å². The fourth-order valence-corrected chi connectivity index (χ4v) is 4.51. The number of nitrogens with one attached hydrogen (secondary N) is 3. The number of benzene rings is 1. The number of rotatable bonds is 7. The van der Waals surface area contributed by atoms with Crippen LogP contribution in [0.25, 0.3) is 27.6 Å². The molecule has 0 bridgehead atoms. The number of morpholine rings is 1. The van der Waals surface area contributed by atoms with Gasteiger partial charge in [-0.05, 0) is 36.4 Å². The molecule has 0 saturated carbocycles. The zero-order chi connectivity index (χ0) is 26.6. The Labute approximate surface area is 220 Å². The molecule has 1 aliphatic rings. The summed E-state index contributed by atoms with van der Waals surface area (Å²) >= 11 is 0. The van der Waals surface area contributed by atoms with Crippen LogP contribution in [0.3, 0.4) is 0 Å². The normalized spacial score (nSPS) is 13.4. The molecule has 3 aromatic heterocycles. The summed E-state index contributed by atoms with van der Waals surface area (Å²) in [5.74, 6) is 1.10. The van der Waals surface area contributed by atoms with Gasteiger partial charge >= 0.3 is 0 Å². The highest BCUT2D eigenvalue weighted by atomic mass is 16.5. The van der Waals surface area contributed by atoms with E-state index in [9.17, 15) is 9.59 Å². The fourth-order valence-electron chi connectivity index (χ4n) is 4.51. The van der Waals surface area contributed by atoms with Crippen molar-refractivity contribution in [1.29, 1.82) is 0 Å². The first-order valence-electron chi connectivity index (χ1n) is 12.6. The summed E-state index contributed by atoms with van der Waals surface area (Å²) in [4.78, 5) is 39.1. The number of nitrogens with zero attached hydrogens (tertiary/aromatic N) is 3. The monoisotopic (exact) mass is 510 g/mol. The van der Waals surface area contributed by atoms with Crippen molar-refractivity contribution in [2.45, 2.75) is 13.3 Å². The van der Waals surface area contributed by atoms with E-state index in [1.807, 2.05) is 48.3 Å². The van der Waals surface area contributed by atoms with Crippen LogP contribution in [0.5, 0.6) is 0 Å². The zero-order valence-electron chi connectivity index (χ0n) is 21.5. The van der Waals surface area contributed by atoms with Gasteiger partial charge in [-0.25, -0.2) is 9.97 Å². The predicted molar refractivity (Wildman–Crippen MR) is 149 cm³/mol. The van der Waals surface area contributed by atoms with Gasteiger partial charge in [-0.1, -0.05) is 19.6 Å². The maximum Gasteiger partial charge on any atom is 0.254 e. The Hall–Kier alpha value is -4.50. The lowest BCUT2D eigenvalue weighted by molar-refractivity contribution is -0.115. The number of ether oxygens (including phenoxy) is 1. The molecule has 0 radical (unpaired) electrons. The molecule has 0 unspecified atom stereocenters. The fraction of sp³-hybridized carbons (Fsp3) is 0.241. The molecule has 0 spiro atoms. The SMILES string of the molecule is C=C(c1cc2c(C(=O)N3CCOCC3)cccc2[nH]1)c1cc(-c2ccc(NC(=O)CC)nc2)cnc1NC. The van der Waals surface area contributed by atoms with Crippen LogP contribution in [0.15, 0.2) is 61.4 Å². The summed E-state index contributed by atoms with van der Waals surface area (Å²) in [6.45, 7) is 8.45. The van der Waals surface area contributed by atoms with Crippen molar-refractivity contribution in [1.82, 2.24) is 19.9 Å². The van der Waals surface area contributed by atoms with Crippen molar-refractivity contribution in [3.63, 3.8) is 0 Å². The average Bonchev–Trinajstić information content (AvgIpc) is 3.41. The number of hydrogen-bond acceptors (Lipinski definition) is 6. The van der Waals surface area contributed by atoms with Gasteiger partial charge in [0, 0.05) is 83.4 Å². The summed E-state index contributed by atoms with van der Waals surface area (Å²) < 4.78 is 5.40. The maximum atomic E-state index is 13.2. The minimum Gasteiger partial charge on any atom is -0.378 e. The molecule has 4 aromatic rings. The second-order valence-electron chi connectivity index (χ2n) is 9.04. The van der Waals surface area contributed by atoms with E-state index in [2.05, 4.69) is 32.2 Å². The summed E-state index contributed by atoms with van der Waals surface area (Å²) in [5, 5.41) is 6.76. The van der Waals surface area contributed by atoms with Crippen LogP contribution in [-0.4, -0.2) is 65.0 Å². The molecular weight excluding hydrogens is 480 g/mol. The molecular formula is C29H30N6O3. The smallest absolute Gasteiger partial charge is 0.254 e. The van der Waals surface area contributed by atoms with Crippen LogP contribution in [-0.2, 0) is 9.53 Å².